The average Bonchev–Trinajstić information content (AvgIpc) is 3.51. The molecular weight excluding hydrogens is 406 g/mol. The van der Waals surface area contributed by atoms with Gasteiger partial charge in [-0.25, -0.2) is 9.69 Å². The molecule has 0 aromatic heterocycles. The Kier molecular flexibility index (Phi) is 5.12. The standard InChI is InChI=1S/C25H27N3O4/c26-20-8-9-21-19(14-20)10-12-25(21)23(30)28(24(31)32-25)16-22(29)27(13-11-17-6-7-17)15-18-4-2-1-3-5-18/h1-5,8-9,14,17H,6-7,10-13,15-16,26H2/t25-/m1/s1. The molecule has 2 N–H and O–H groups in total. The number of benzene rings is 2. The van der Waals surface area contributed by atoms with Crippen molar-refractivity contribution < 1.29 is 19.1 Å². The van der Waals surface area contributed by atoms with Gasteiger partial charge in [-0.1, -0.05) is 49.2 Å². The highest BCUT2D eigenvalue weighted by Gasteiger charge is 2.58. The summed E-state index contributed by atoms with van der Waals surface area (Å²) in [6, 6.07) is 15.0. The number of aryl methyl sites for hydroxylation is 1. The Morgan fingerprint density at radius 2 is 1.94 bits per heavy atom. The Morgan fingerprint density at radius 3 is 2.69 bits per heavy atom. The van der Waals surface area contributed by atoms with E-state index in [1.165, 1.54) is 12.8 Å². The predicted octanol–water partition coefficient (Wildman–Crippen LogP) is 3.22. The van der Waals surface area contributed by atoms with Gasteiger partial charge in [0.15, 0.2) is 0 Å². The van der Waals surface area contributed by atoms with Gasteiger partial charge in [0.1, 0.15) is 6.54 Å². The fourth-order valence-electron chi connectivity index (χ4n) is 4.75. The summed E-state index contributed by atoms with van der Waals surface area (Å²) in [4.78, 5) is 42.0. The zero-order valence-electron chi connectivity index (χ0n) is 18.0. The van der Waals surface area contributed by atoms with Crippen LogP contribution in [0.2, 0.25) is 0 Å². The van der Waals surface area contributed by atoms with Crippen molar-refractivity contribution >= 4 is 23.6 Å². The third-order valence-electron chi connectivity index (χ3n) is 6.75. The van der Waals surface area contributed by atoms with Gasteiger partial charge in [-0.15, -0.1) is 0 Å². The van der Waals surface area contributed by atoms with Crippen LogP contribution in [0.5, 0.6) is 0 Å². The molecule has 3 amide bonds. The number of carbonyl (C=O) groups excluding carboxylic acids is 3. The fourth-order valence-corrected chi connectivity index (χ4v) is 4.75. The molecule has 1 saturated heterocycles. The van der Waals surface area contributed by atoms with Gasteiger partial charge in [0.2, 0.25) is 11.5 Å². The normalized spacial score (nSPS) is 21.7. The first-order valence-electron chi connectivity index (χ1n) is 11.2. The zero-order valence-corrected chi connectivity index (χ0v) is 18.0. The van der Waals surface area contributed by atoms with Crippen molar-refractivity contribution in [2.24, 2.45) is 5.92 Å². The van der Waals surface area contributed by atoms with Crippen LogP contribution in [0.25, 0.3) is 0 Å². The van der Waals surface area contributed by atoms with E-state index >= 15 is 0 Å². The van der Waals surface area contributed by atoms with Crippen molar-refractivity contribution in [2.45, 2.75) is 44.2 Å². The van der Waals surface area contributed by atoms with E-state index in [0.717, 1.165) is 22.4 Å². The summed E-state index contributed by atoms with van der Waals surface area (Å²) in [6.45, 7) is 0.765. The molecule has 166 valence electrons. The van der Waals surface area contributed by atoms with E-state index in [1.807, 2.05) is 36.4 Å². The second-order valence-corrected chi connectivity index (χ2v) is 9.04. The van der Waals surface area contributed by atoms with E-state index in [-0.39, 0.29) is 12.5 Å². The summed E-state index contributed by atoms with van der Waals surface area (Å²) in [6.07, 6.45) is 3.57. The molecular formula is C25H27N3O4. The maximum absolute atomic E-state index is 13.4. The minimum atomic E-state index is -1.33. The monoisotopic (exact) mass is 433 g/mol. The number of amides is 3. The molecule has 2 fully saturated rings. The average molecular weight is 434 g/mol. The van der Waals surface area contributed by atoms with Crippen LogP contribution in [0.4, 0.5) is 10.5 Å². The van der Waals surface area contributed by atoms with Gasteiger partial charge in [-0.05, 0) is 42.0 Å². The second-order valence-electron chi connectivity index (χ2n) is 9.04. The summed E-state index contributed by atoms with van der Waals surface area (Å²) in [5.74, 6) is -0.0289. The minimum Gasteiger partial charge on any atom is -0.427 e. The molecule has 2 aromatic rings. The predicted molar refractivity (Wildman–Crippen MR) is 118 cm³/mol. The van der Waals surface area contributed by atoms with Crippen LogP contribution in [0.3, 0.4) is 0 Å². The Labute approximate surface area is 187 Å². The molecule has 1 atom stereocenters. The number of rotatable bonds is 7. The molecule has 1 aliphatic heterocycles. The lowest BCUT2D eigenvalue weighted by atomic mass is 9.95. The van der Waals surface area contributed by atoms with Crippen molar-refractivity contribution in [2.75, 3.05) is 18.8 Å². The number of nitrogens with zero attached hydrogens (tertiary/aromatic N) is 2. The lowest BCUT2D eigenvalue weighted by Crippen LogP contribution is -2.44. The number of hydrogen-bond acceptors (Lipinski definition) is 5. The van der Waals surface area contributed by atoms with E-state index in [4.69, 9.17) is 10.5 Å². The highest BCUT2D eigenvalue weighted by molar-refractivity contribution is 6.06. The summed E-state index contributed by atoms with van der Waals surface area (Å²) in [5, 5.41) is 0. The van der Waals surface area contributed by atoms with Crippen LogP contribution < -0.4 is 5.73 Å². The quantitative estimate of drug-likeness (QED) is 0.677. The van der Waals surface area contributed by atoms with E-state index in [2.05, 4.69) is 0 Å². The fraction of sp³-hybridized carbons (Fsp3) is 0.400. The molecule has 2 aliphatic carbocycles. The number of nitrogen functional groups attached to an aromatic ring is 1. The molecule has 1 saturated carbocycles. The minimum absolute atomic E-state index is 0.243. The van der Waals surface area contributed by atoms with Gasteiger partial charge in [0.25, 0.3) is 5.91 Å². The van der Waals surface area contributed by atoms with Crippen molar-refractivity contribution in [3.63, 3.8) is 0 Å². The van der Waals surface area contributed by atoms with Gasteiger partial charge in [-0.3, -0.25) is 9.59 Å². The van der Waals surface area contributed by atoms with E-state index in [0.29, 0.717) is 43.1 Å². The molecule has 0 unspecified atom stereocenters. The molecule has 0 bridgehead atoms. The molecule has 0 radical (unpaired) electrons. The molecule has 1 spiro atoms. The maximum Gasteiger partial charge on any atom is 0.418 e. The van der Waals surface area contributed by atoms with E-state index in [1.54, 1.807) is 17.0 Å². The molecule has 2 aromatic carbocycles. The van der Waals surface area contributed by atoms with Crippen LogP contribution in [0.1, 0.15) is 42.4 Å². The lowest BCUT2D eigenvalue weighted by molar-refractivity contribution is -0.142. The number of hydrogen-bond donors (Lipinski definition) is 1. The smallest absolute Gasteiger partial charge is 0.418 e. The topological polar surface area (TPSA) is 92.9 Å². The largest absolute Gasteiger partial charge is 0.427 e. The van der Waals surface area contributed by atoms with Crippen LogP contribution >= 0.6 is 0 Å². The number of fused-ring (bicyclic) bond motifs is 2. The number of imide groups is 1. The Balaban J connectivity index is 1.33. The van der Waals surface area contributed by atoms with Crippen LogP contribution in [0, 0.1) is 5.92 Å². The Bertz CT molecular complexity index is 1070. The maximum atomic E-state index is 13.4. The van der Waals surface area contributed by atoms with Crippen molar-refractivity contribution in [3.05, 3.63) is 65.2 Å². The van der Waals surface area contributed by atoms with Crippen LogP contribution in [-0.4, -0.2) is 40.8 Å². The van der Waals surface area contributed by atoms with Crippen LogP contribution in [0.15, 0.2) is 48.5 Å². The highest BCUT2D eigenvalue weighted by atomic mass is 16.6. The first kappa shape index (κ1) is 20.5. The number of ether oxygens (including phenoxy) is 1. The van der Waals surface area contributed by atoms with Crippen molar-refractivity contribution in [1.82, 2.24) is 9.80 Å². The molecule has 32 heavy (non-hydrogen) atoms. The first-order valence-corrected chi connectivity index (χ1v) is 11.2. The second kappa shape index (κ2) is 7.97. The van der Waals surface area contributed by atoms with Crippen LogP contribution in [-0.2, 0) is 32.9 Å². The molecule has 7 nitrogen and oxygen atoms in total. The number of anilines is 1. The zero-order chi connectivity index (χ0) is 22.3. The molecule has 7 heteroatoms. The Hall–Kier alpha value is -3.35. The van der Waals surface area contributed by atoms with Gasteiger partial charge in [0.05, 0.1) is 0 Å². The van der Waals surface area contributed by atoms with Gasteiger partial charge < -0.3 is 15.4 Å². The third kappa shape index (κ3) is 3.72. The number of nitrogens with two attached hydrogens (primary N) is 1. The Morgan fingerprint density at radius 1 is 1.16 bits per heavy atom. The van der Waals surface area contributed by atoms with Crippen molar-refractivity contribution in [3.8, 4) is 0 Å². The van der Waals surface area contributed by atoms with Gasteiger partial charge >= 0.3 is 6.09 Å². The third-order valence-corrected chi connectivity index (χ3v) is 6.75. The van der Waals surface area contributed by atoms with E-state index < -0.39 is 17.6 Å². The summed E-state index contributed by atoms with van der Waals surface area (Å²) in [5.41, 5.74) is 7.75. The van der Waals surface area contributed by atoms with Crippen molar-refractivity contribution in [1.29, 1.82) is 0 Å². The van der Waals surface area contributed by atoms with Gasteiger partial charge in [0, 0.05) is 30.8 Å². The highest BCUT2D eigenvalue weighted by Crippen LogP contribution is 2.45. The summed E-state index contributed by atoms with van der Waals surface area (Å²) in [7, 11) is 0. The first-order chi connectivity index (χ1) is 15.5. The molecule has 1 heterocycles. The molecule has 5 rings (SSSR count). The molecule has 3 aliphatic rings. The summed E-state index contributed by atoms with van der Waals surface area (Å²) >= 11 is 0. The number of carbonyl (C=O) groups is 3. The summed E-state index contributed by atoms with van der Waals surface area (Å²) < 4.78 is 5.63. The lowest BCUT2D eigenvalue weighted by Gasteiger charge is -2.25. The van der Waals surface area contributed by atoms with E-state index in [9.17, 15) is 14.4 Å². The van der Waals surface area contributed by atoms with Gasteiger partial charge in [-0.2, -0.15) is 0 Å². The SMILES string of the molecule is Nc1ccc2c(c1)CC[C@@]21OC(=O)N(CC(=O)N(CCC2CC2)Cc2ccccc2)C1=O.